The predicted octanol–water partition coefficient (Wildman–Crippen LogP) is 4.15. The van der Waals surface area contributed by atoms with E-state index in [4.69, 9.17) is 9.47 Å². The Morgan fingerprint density at radius 2 is 1.82 bits per heavy atom. The van der Waals surface area contributed by atoms with E-state index in [1.807, 2.05) is 27.9 Å². The van der Waals surface area contributed by atoms with E-state index >= 15 is 0 Å². The lowest BCUT2D eigenvalue weighted by molar-refractivity contribution is -0.0137. The lowest BCUT2D eigenvalue weighted by Gasteiger charge is -2.35. The Bertz CT molecular complexity index is 1220. The standard InChI is InChI=1S/C30H45N3O6S/c1-21-10-13-26(14-11-21)40(36,37)31-25-12-15-28-27(17-25)30(35)33(23(3)20-34)18-22(2)29(19-32(5)6)38-16-8-7-9-24(4)39-28/h10-15,17,22-24,29,31,34H,7-9,16,18-20H2,1-6H3/t22-,23-,24-,29-/m0/s1. The molecule has 0 aliphatic carbocycles. The Balaban J connectivity index is 2.02. The maximum absolute atomic E-state index is 14.1. The average molecular weight is 576 g/mol. The first-order valence-corrected chi connectivity index (χ1v) is 15.5. The van der Waals surface area contributed by atoms with Crippen molar-refractivity contribution in [3.05, 3.63) is 53.6 Å². The smallest absolute Gasteiger partial charge is 0.261 e. The number of fused-ring (bicyclic) bond motifs is 1. The third kappa shape index (κ3) is 8.67. The van der Waals surface area contributed by atoms with Crippen LogP contribution in [-0.4, -0.2) is 87.9 Å². The first kappa shape index (κ1) is 31.9. The SMILES string of the molecule is Cc1ccc(S(=O)(=O)Nc2ccc3c(c2)C(=O)N([C@@H](C)CO)C[C@H](C)[C@H](CN(C)C)OCCCC[C@H](C)O3)cc1. The molecule has 2 aromatic carbocycles. The van der Waals surface area contributed by atoms with Gasteiger partial charge in [0.25, 0.3) is 15.9 Å². The number of aliphatic hydroxyl groups is 1. The van der Waals surface area contributed by atoms with E-state index in [9.17, 15) is 18.3 Å². The summed E-state index contributed by atoms with van der Waals surface area (Å²) in [5.41, 5.74) is 1.45. The minimum absolute atomic E-state index is 0.0187. The number of aliphatic hydroxyl groups excluding tert-OH is 1. The zero-order chi connectivity index (χ0) is 29.4. The molecule has 0 bridgehead atoms. The molecule has 1 amide bonds. The number of hydrogen-bond donors (Lipinski definition) is 2. The van der Waals surface area contributed by atoms with Gasteiger partial charge in [0.05, 0.1) is 35.3 Å². The van der Waals surface area contributed by atoms with Gasteiger partial charge in [-0.05, 0) is 84.5 Å². The van der Waals surface area contributed by atoms with Crippen LogP contribution in [0.25, 0.3) is 0 Å². The summed E-state index contributed by atoms with van der Waals surface area (Å²) in [4.78, 5) is 18.0. The second-order valence-electron chi connectivity index (χ2n) is 11.2. The van der Waals surface area contributed by atoms with Crippen LogP contribution in [0.4, 0.5) is 5.69 Å². The molecule has 10 heteroatoms. The Hall–Kier alpha value is -2.66. The van der Waals surface area contributed by atoms with E-state index in [2.05, 4.69) is 16.5 Å². The Kier molecular flexibility index (Phi) is 11.4. The number of carbonyl (C=O) groups excluding carboxylic acids is 1. The van der Waals surface area contributed by atoms with Crippen LogP contribution in [0.5, 0.6) is 5.75 Å². The Morgan fingerprint density at radius 1 is 1.12 bits per heavy atom. The van der Waals surface area contributed by atoms with Crippen LogP contribution in [0.1, 0.15) is 56.0 Å². The third-order valence-corrected chi connectivity index (χ3v) is 8.58. The first-order valence-electron chi connectivity index (χ1n) is 14.0. The van der Waals surface area contributed by atoms with Crippen LogP contribution in [0, 0.1) is 12.8 Å². The van der Waals surface area contributed by atoms with Gasteiger partial charge in [-0.1, -0.05) is 24.6 Å². The number of benzene rings is 2. The van der Waals surface area contributed by atoms with Gasteiger partial charge in [0, 0.05) is 31.3 Å². The molecule has 9 nitrogen and oxygen atoms in total. The monoisotopic (exact) mass is 575 g/mol. The van der Waals surface area contributed by atoms with E-state index in [-0.39, 0.29) is 46.8 Å². The fraction of sp³-hybridized carbons (Fsp3) is 0.567. The molecule has 2 aromatic rings. The van der Waals surface area contributed by atoms with Crippen molar-refractivity contribution < 1.29 is 27.8 Å². The molecule has 0 spiro atoms. The highest BCUT2D eigenvalue weighted by Gasteiger charge is 2.30. The summed E-state index contributed by atoms with van der Waals surface area (Å²) < 4.78 is 41.3. The van der Waals surface area contributed by atoms with Crippen molar-refractivity contribution in [2.45, 2.75) is 70.1 Å². The summed E-state index contributed by atoms with van der Waals surface area (Å²) >= 11 is 0. The number of sulfonamides is 1. The van der Waals surface area contributed by atoms with Gasteiger partial charge in [-0.2, -0.15) is 0 Å². The summed E-state index contributed by atoms with van der Waals surface area (Å²) in [6, 6.07) is 10.9. The summed E-state index contributed by atoms with van der Waals surface area (Å²) in [5, 5.41) is 10.1. The van der Waals surface area contributed by atoms with Crippen molar-refractivity contribution in [1.29, 1.82) is 0 Å². The van der Waals surface area contributed by atoms with Crippen molar-refractivity contribution in [2.24, 2.45) is 5.92 Å². The zero-order valence-corrected chi connectivity index (χ0v) is 25.4. The van der Waals surface area contributed by atoms with Crippen molar-refractivity contribution in [2.75, 3.05) is 45.1 Å². The topological polar surface area (TPSA) is 108 Å². The maximum atomic E-state index is 14.1. The van der Waals surface area contributed by atoms with Crippen LogP contribution >= 0.6 is 0 Å². The summed E-state index contributed by atoms with van der Waals surface area (Å²) in [6.07, 6.45) is 2.33. The maximum Gasteiger partial charge on any atom is 0.261 e. The quantitative estimate of drug-likeness (QED) is 0.511. The van der Waals surface area contributed by atoms with Gasteiger partial charge < -0.3 is 24.4 Å². The average Bonchev–Trinajstić information content (AvgIpc) is 2.90. The van der Waals surface area contributed by atoms with Gasteiger partial charge in [0.2, 0.25) is 0 Å². The highest BCUT2D eigenvalue weighted by Crippen LogP contribution is 2.29. The molecule has 1 aliphatic heterocycles. The molecule has 1 heterocycles. The molecule has 0 unspecified atom stereocenters. The number of nitrogens with one attached hydrogen (secondary N) is 1. The summed E-state index contributed by atoms with van der Waals surface area (Å²) in [7, 11) is 0.118. The third-order valence-electron chi connectivity index (χ3n) is 7.18. The molecular formula is C30H45N3O6S. The van der Waals surface area contributed by atoms with E-state index in [0.29, 0.717) is 25.4 Å². The normalized spacial score (nSPS) is 22.2. The van der Waals surface area contributed by atoms with Gasteiger partial charge in [-0.3, -0.25) is 9.52 Å². The van der Waals surface area contributed by atoms with Crippen LogP contribution < -0.4 is 9.46 Å². The number of amides is 1. The van der Waals surface area contributed by atoms with Crippen molar-refractivity contribution >= 4 is 21.6 Å². The molecular weight excluding hydrogens is 530 g/mol. The van der Waals surface area contributed by atoms with Crippen molar-refractivity contribution in [3.8, 4) is 5.75 Å². The number of likely N-dealkylation sites (N-methyl/N-ethyl adjacent to an activating group) is 1. The van der Waals surface area contributed by atoms with Gasteiger partial charge in [-0.15, -0.1) is 0 Å². The number of ether oxygens (including phenoxy) is 2. The van der Waals surface area contributed by atoms with Crippen LogP contribution in [0.15, 0.2) is 47.4 Å². The fourth-order valence-electron chi connectivity index (χ4n) is 4.74. The molecule has 1 aliphatic rings. The van der Waals surface area contributed by atoms with E-state index in [0.717, 1.165) is 24.8 Å². The van der Waals surface area contributed by atoms with Gasteiger partial charge >= 0.3 is 0 Å². The minimum Gasteiger partial charge on any atom is -0.490 e. The van der Waals surface area contributed by atoms with Crippen LogP contribution in [-0.2, 0) is 14.8 Å². The number of aryl methyl sites for hydroxylation is 1. The molecule has 0 fully saturated rings. The number of carbonyl (C=O) groups is 1. The van der Waals surface area contributed by atoms with E-state index in [1.165, 1.54) is 6.07 Å². The van der Waals surface area contributed by atoms with Crippen molar-refractivity contribution in [1.82, 2.24) is 9.80 Å². The molecule has 0 saturated heterocycles. The minimum atomic E-state index is -3.87. The lowest BCUT2D eigenvalue weighted by atomic mass is 10.0. The van der Waals surface area contributed by atoms with Gasteiger partial charge in [0.1, 0.15) is 5.75 Å². The molecule has 3 rings (SSSR count). The summed E-state index contributed by atoms with van der Waals surface area (Å²) in [5.74, 6) is 0.0270. The molecule has 222 valence electrons. The number of nitrogens with zero attached hydrogens (tertiary/aromatic N) is 2. The molecule has 0 radical (unpaired) electrons. The highest BCUT2D eigenvalue weighted by atomic mass is 32.2. The molecule has 40 heavy (non-hydrogen) atoms. The molecule has 4 atom stereocenters. The van der Waals surface area contributed by atoms with E-state index in [1.54, 1.807) is 48.2 Å². The van der Waals surface area contributed by atoms with Crippen molar-refractivity contribution in [3.63, 3.8) is 0 Å². The molecule has 0 aromatic heterocycles. The number of anilines is 1. The summed E-state index contributed by atoms with van der Waals surface area (Å²) in [6.45, 7) is 9.16. The Morgan fingerprint density at radius 3 is 2.48 bits per heavy atom. The second kappa shape index (κ2) is 14.3. The zero-order valence-electron chi connectivity index (χ0n) is 24.6. The second-order valence-corrected chi connectivity index (χ2v) is 12.9. The largest absolute Gasteiger partial charge is 0.490 e. The van der Waals surface area contributed by atoms with E-state index < -0.39 is 16.1 Å². The fourth-order valence-corrected chi connectivity index (χ4v) is 5.79. The predicted molar refractivity (Wildman–Crippen MR) is 157 cm³/mol. The first-order chi connectivity index (χ1) is 18.9. The van der Waals surface area contributed by atoms with Gasteiger partial charge in [0.15, 0.2) is 0 Å². The van der Waals surface area contributed by atoms with Gasteiger partial charge in [-0.25, -0.2) is 8.42 Å². The molecule has 2 N–H and O–H groups in total. The highest BCUT2D eigenvalue weighted by molar-refractivity contribution is 7.92. The lowest BCUT2D eigenvalue weighted by Crippen LogP contribution is -2.47. The van der Waals surface area contributed by atoms with Crippen LogP contribution in [0.3, 0.4) is 0 Å². The Labute approximate surface area is 239 Å². The molecule has 0 saturated carbocycles. The number of hydrogen-bond acceptors (Lipinski definition) is 7. The number of rotatable bonds is 7. The van der Waals surface area contributed by atoms with Crippen LogP contribution in [0.2, 0.25) is 0 Å².